The molecule has 1 unspecified atom stereocenters. The highest BCUT2D eigenvalue weighted by Crippen LogP contribution is 2.25. The Kier molecular flexibility index (Phi) is 11.9. The number of carbonyl (C=O) groups excluding carboxylic acids is 1. The lowest BCUT2D eigenvalue weighted by Gasteiger charge is -2.09. The molecule has 0 aliphatic rings. The number of ketones is 1. The van der Waals surface area contributed by atoms with Crippen LogP contribution in [0, 0.1) is 6.92 Å². The van der Waals surface area contributed by atoms with Gasteiger partial charge >= 0.3 is 0 Å². The number of unbranched alkanes of at least 4 members (excludes halogenated alkanes) is 1. The number of hydrogen-bond acceptors (Lipinski definition) is 5. The monoisotopic (exact) mass is 584 g/mol. The van der Waals surface area contributed by atoms with Crippen LogP contribution < -0.4 is 4.74 Å². The SMILES string of the molecule is CCCCOCCOc1ccc(-c2ccc(C)c(/C=C/C(=O)Cc3ccc(S(=O)Cc4cncn4CC)cc3)c2)cc1. The van der Waals surface area contributed by atoms with Crippen LogP contribution in [-0.4, -0.2) is 39.4 Å². The van der Waals surface area contributed by atoms with E-state index in [-0.39, 0.29) is 12.2 Å². The van der Waals surface area contributed by atoms with Gasteiger partial charge in [0, 0.05) is 30.7 Å². The van der Waals surface area contributed by atoms with Gasteiger partial charge in [0.1, 0.15) is 12.4 Å². The molecule has 42 heavy (non-hydrogen) atoms. The zero-order valence-electron chi connectivity index (χ0n) is 24.8. The lowest BCUT2D eigenvalue weighted by atomic mass is 9.99. The zero-order valence-corrected chi connectivity index (χ0v) is 25.6. The van der Waals surface area contributed by atoms with Gasteiger partial charge < -0.3 is 14.0 Å². The summed E-state index contributed by atoms with van der Waals surface area (Å²) >= 11 is 0. The maximum absolute atomic E-state index is 12.8. The summed E-state index contributed by atoms with van der Waals surface area (Å²) in [6.07, 6.45) is 9.53. The Labute approximate surface area is 251 Å². The smallest absolute Gasteiger partial charge is 0.160 e. The number of allylic oxidation sites excluding steroid dienone is 1. The fraction of sp³-hybridized carbons (Fsp3) is 0.314. The third-order valence-electron chi connectivity index (χ3n) is 7.04. The van der Waals surface area contributed by atoms with Crippen LogP contribution in [0.4, 0.5) is 0 Å². The van der Waals surface area contributed by atoms with Gasteiger partial charge in [-0.2, -0.15) is 0 Å². The second-order valence-corrected chi connectivity index (χ2v) is 11.6. The van der Waals surface area contributed by atoms with Crippen LogP contribution in [0.1, 0.15) is 49.1 Å². The second-order valence-electron chi connectivity index (χ2n) is 10.2. The largest absolute Gasteiger partial charge is 0.491 e. The molecule has 0 spiro atoms. The average Bonchev–Trinajstić information content (AvgIpc) is 3.46. The molecule has 0 amide bonds. The topological polar surface area (TPSA) is 70.4 Å². The summed E-state index contributed by atoms with van der Waals surface area (Å²) in [5.74, 6) is 1.25. The van der Waals surface area contributed by atoms with E-state index in [1.54, 1.807) is 18.6 Å². The summed E-state index contributed by atoms with van der Waals surface area (Å²) in [4.78, 5) is 17.7. The number of imidazole rings is 1. The van der Waals surface area contributed by atoms with Crippen molar-refractivity contribution in [1.29, 1.82) is 0 Å². The van der Waals surface area contributed by atoms with Gasteiger partial charge in [0.15, 0.2) is 5.78 Å². The van der Waals surface area contributed by atoms with Crippen LogP contribution in [0.25, 0.3) is 17.2 Å². The van der Waals surface area contributed by atoms with Crippen LogP contribution >= 0.6 is 0 Å². The summed E-state index contributed by atoms with van der Waals surface area (Å²) in [5, 5.41) is 0. The second kappa shape index (κ2) is 16.0. The van der Waals surface area contributed by atoms with E-state index >= 15 is 0 Å². The van der Waals surface area contributed by atoms with Crippen LogP contribution in [0.15, 0.2) is 90.2 Å². The van der Waals surface area contributed by atoms with E-state index in [0.717, 1.165) is 70.1 Å². The van der Waals surface area contributed by atoms with E-state index in [9.17, 15) is 9.00 Å². The van der Waals surface area contributed by atoms with E-state index in [1.807, 2.05) is 73.0 Å². The molecule has 220 valence electrons. The molecular weight excluding hydrogens is 544 g/mol. The first kappa shape index (κ1) is 31.1. The number of aryl methyl sites for hydroxylation is 2. The van der Waals surface area contributed by atoms with Gasteiger partial charge in [-0.15, -0.1) is 0 Å². The van der Waals surface area contributed by atoms with Gasteiger partial charge in [0.2, 0.25) is 0 Å². The highest BCUT2D eigenvalue weighted by atomic mass is 32.2. The number of ether oxygens (including phenoxy) is 2. The van der Waals surface area contributed by atoms with Crippen molar-refractivity contribution in [2.75, 3.05) is 19.8 Å². The highest BCUT2D eigenvalue weighted by molar-refractivity contribution is 7.84. The van der Waals surface area contributed by atoms with Gasteiger partial charge in [-0.25, -0.2) is 4.98 Å². The van der Waals surface area contributed by atoms with Gasteiger partial charge in [0.05, 0.1) is 35.2 Å². The number of rotatable bonds is 16. The van der Waals surface area contributed by atoms with E-state index in [1.165, 1.54) is 0 Å². The molecular formula is C35H40N2O4S. The molecule has 0 aliphatic carbocycles. The predicted octanol–water partition coefficient (Wildman–Crippen LogP) is 7.21. The Balaban J connectivity index is 1.31. The molecule has 0 saturated carbocycles. The minimum Gasteiger partial charge on any atom is -0.491 e. The van der Waals surface area contributed by atoms with Gasteiger partial charge in [0.25, 0.3) is 0 Å². The third kappa shape index (κ3) is 9.10. The summed E-state index contributed by atoms with van der Waals surface area (Å²) < 4.78 is 26.2. The average molecular weight is 585 g/mol. The van der Waals surface area contributed by atoms with Crippen molar-refractivity contribution in [3.05, 3.63) is 108 Å². The maximum Gasteiger partial charge on any atom is 0.160 e. The van der Waals surface area contributed by atoms with Crippen molar-refractivity contribution in [2.45, 2.75) is 57.2 Å². The summed E-state index contributed by atoms with van der Waals surface area (Å²) in [6.45, 7) is 8.92. The molecule has 1 atom stereocenters. The van der Waals surface area contributed by atoms with Gasteiger partial charge in [-0.3, -0.25) is 9.00 Å². The van der Waals surface area contributed by atoms with E-state index in [2.05, 4.69) is 30.1 Å². The standard InChI is InChI=1S/C35H40N2O4S/c1-4-6-19-40-20-21-41-34-15-12-29(13-16-34)31-10-7-27(3)30(23-31)11-14-33(38)22-28-8-17-35(18-9-28)42(39)25-32-24-36-26-37(32)5-2/h7-18,23-24,26H,4-6,19-22,25H2,1-3H3/b14-11+. The highest BCUT2D eigenvalue weighted by Gasteiger charge is 2.10. The Morgan fingerprint density at radius 3 is 2.45 bits per heavy atom. The Morgan fingerprint density at radius 1 is 0.952 bits per heavy atom. The number of carbonyl (C=O) groups is 1. The quantitative estimate of drug-likeness (QED) is 0.103. The first-order chi connectivity index (χ1) is 20.5. The Hall–Kier alpha value is -3.81. The van der Waals surface area contributed by atoms with Gasteiger partial charge in [-0.05, 0) is 84.5 Å². The lowest BCUT2D eigenvalue weighted by molar-refractivity contribution is -0.113. The first-order valence-electron chi connectivity index (χ1n) is 14.6. The molecule has 0 radical (unpaired) electrons. The summed E-state index contributed by atoms with van der Waals surface area (Å²) in [6, 6.07) is 21.8. The molecule has 0 aliphatic heterocycles. The minimum absolute atomic E-state index is 0.0145. The van der Waals surface area contributed by atoms with Crippen LogP contribution in [0.2, 0.25) is 0 Å². The van der Waals surface area contributed by atoms with Crippen molar-refractivity contribution in [3.63, 3.8) is 0 Å². The van der Waals surface area contributed by atoms with Crippen molar-refractivity contribution < 1.29 is 18.5 Å². The minimum atomic E-state index is -1.17. The van der Waals surface area contributed by atoms with Crippen molar-refractivity contribution in [1.82, 2.24) is 9.55 Å². The summed E-state index contributed by atoms with van der Waals surface area (Å²) in [7, 11) is -1.17. The fourth-order valence-electron chi connectivity index (χ4n) is 4.48. The maximum atomic E-state index is 12.8. The normalized spacial score (nSPS) is 12.1. The predicted molar refractivity (Wildman–Crippen MR) is 170 cm³/mol. The molecule has 6 nitrogen and oxygen atoms in total. The molecule has 0 saturated heterocycles. The first-order valence-corrected chi connectivity index (χ1v) is 15.9. The van der Waals surface area contributed by atoms with Gasteiger partial charge in [-0.1, -0.05) is 55.8 Å². The third-order valence-corrected chi connectivity index (χ3v) is 8.39. The Bertz CT molecular complexity index is 1490. The van der Waals surface area contributed by atoms with Crippen LogP contribution in [0.3, 0.4) is 0 Å². The number of hydrogen-bond donors (Lipinski definition) is 0. The molecule has 4 rings (SSSR count). The molecule has 3 aromatic carbocycles. The van der Waals surface area contributed by atoms with Crippen molar-refractivity contribution >= 4 is 22.7 Å². The molecule has 1 heterocycles. The van der Waals surface area contributed by atoms with E-state index < -0.39 is 10.8 Å². The number of nitrogens with zero attached hydrogens (tertiary/aromatic N) is 2. The fourth-order valence-corrected chi connectivity index (χ4v) is 5.60. The van der Waals surface area contributed by atoms with Crippen LogP contribution in [-0.2, 0) is 39.0 Å². The van der Waals surface area contributed by atoms with Crippen molar-refractivity contribution in [2.24, 2.45) is 0 Å². The number of benzene rings is 3. The molecule has 7 heteroatoms. The lowest BCUT2D eigenvalue weighted by Crippen LogP contribution is -2.07. The Morgan fingerprint density at radius 2 is 1.71 bits per heavy atom. The van der Waals surface area contributed by atoms with E-state index in [0.29, 0.717) is 19.0 Å². The van der Waals surface area contributed by atoms with Crippen molar-refractivity contribution in [3.8, 4) is 16.9 Å². The number of aromatic nitrogens is 2. The summed E-state index contributed by atoms with van der Waals surface area (Å²) in [5.41, 5.74) is 6.10. The zero-order chi connectivity index (χ0) is 29.7. The molecule has 0 bridgehead atoms. The molecule has 0 N–H and O–H groups in total. The van der Waals surface area contributed by atoms with Crippen LogP contribution in [0.5, 0.6) is 5.75 Å². The molecule has 0 fully saturated rings. The molecule has 4 aromatic rings. The molecule has 1 aromatic heterocycles. The van der Waals surface area contributed by atoms with E-state index in [4.69, 9.17) is 9.47 Å².